The molecule has 2 aliphatic rings. The number of aromatic nitrogens is 1. The van der Waals surface area contributed by atoms with E-state index in [0.717, 1.165) is 34.4 Å². The van der Waals surface area contributed by atoms with Crippen molar-refractivity contribution in [3.63, 3.8) is 0 Å². The van der Waals surface area contributed by atoms with E-state index in [1.54, 1.807) is 32.9 Å². The first-order chi connectivity index (χ1) is 18.0. The number of nitrogens with zero attached hydrogens (tertiary/aromatic N) is 2. The summed E-state index contributed by atoms with van der Waals surface area (Å²) in [6.07, 6.45) is 0.758. The van der Waals surface area contributed by atoms with Crippen molar-refractivity contribution in [2.45, 2.75) is 65.3 Å². The molecule has 38 heavy (non-hydrogen) atoms. The molecule has 2 unspecified atom stereocenters. The number of benzene rings is 2. The third kappa shape index (κ3) is 5.20. The first-order valence-electron chi connectivity index (χ1n) is 12.8. The minimum absolute atomic E-state index is 0.0211. The Morgan fingerprint density at radius 2 is 1.97 bits per heavy atom. The van der Waals surface area contributed by atoms with Crippen LogP contribution >= 0.6 is 11.6 Å². The number of amides is 1. The quantitative estimate of drug-likeness (QED) is 0.314. The molecule has 3 heterocycles. The molecule has 1 aromatic heterocycles. The molecule has 0 saturated carbocycles. The van der Waals surface area contributed by atoms with Gasteiger partial charge in [-0.25, -0.2) is 9.78 Å². The van der Waals surface area contributed by atoms with Crippen LogP contribution in [0.4, 0.5) is 5.69 Å². The number of hydrogen-bond donors (Lipinski definition) is 1. The van der Waals surface area contributed by atoms with Crippen LogP contribution in [0.3, 0.4) is 0 Å². The maximum Gasteiger partial charge on any atom is 0.359 e. The van der Waals surface area contributed by atoms with Crippen molar-refractivity contribution in [1.82, 2.24) is 9.88 Å². The number of para-hydroxylation sites is 1. The lowest BCUT2D eigenvalue weighted by Crippen LogP contribution is -2.43. The highest BCUT2D eigenvalue weighted by atomic mass is 35.5. The number of pyridine rings is 1. The van der Waals surface area contributed by atoms with Crippen LogP contribution in [-0.2, 0) is 17.7 Å². The normalized spacial score (nSPS) is 17.4. The zero-order chi connectivity index (χ0) is 27.2. The van der Waals surface area contributed by atoms with Crippen molar-refractivity contribution in [1.29, 1.82) is 0 Å². The van der Waals surface area contributed by atoms with Gasteiger partial charge in [0.25, 0.3) is 5.91 Å². The largest absolute Gasteiger partial charge is 0.491 e. The van der Waals surface area contributed by atoms with Crippen LogP contribution in [0, 0.1) is 6.92 Å². The first-order valence-corrected chi connectivity index (χ1v) is 13.2. The van der Waals surface area contributed by atoms with E-state index in [2.05, 4.69) is 22.4 Å². The molecular formula is C30H32ClN3O4. The molecule has 2 atom stereocenters. The van der Waals surface area contributed by atoms with Gasteiger partial charge >= 0.3 is 5.97 Å². The maximum absolute atomic E-state index is 13.6. The Morgan fingerprint density at radius 1 is 1.21 bits per heavy atom. The van der Waals surface area contributed by atoms with Gasteiger partial charge in [0, 0.05) is 18.2 Å². The molecule has 198 valence electrons. The summed E-state index contributed by atoms with van der Waals surface area (Å²) < 4.78 is 11.5. The highest BCUT2D eigenvalue weighted by Gasteiger charge is 2.37. The van der Waals surface area contributed by atoms with Crippen LogP contribution in [0.25, 0.3) is 0 Å². The average Bonchev–Trinajstić information content (AvgIpc) is 3.19. The second-order valence-corrected chi connectivity index (χ2v) is 11.4. The fourth-order valence-electron chi connectivity index (χ4n) is 5.15. The summed E-state index contributed by atoms with van der Waals surface area (Å²) in [4.78, 5) is 32.6. The fraction of sp³-hybridized carbons (Fsp3) is 0.367. The van der Waals surface area contributed by atoms with Gasteiger partial charge in [0.2, 0.25) is 0 Å². The number of ether oxygens (including phenoxy) is 2. The summed E-state index contributed by atoms with van der Waals surface area (Å²) >= 11 is 6.12. The van der Waals surface area contributed by atoms with Crippen LogP contribution in [-0.4, -0.2) is 40.0 Å². The van der Waals surface area contributed by atoms with E-state index in [9.17, 15) is 9.59 Å². The molecule has 5 rings (SSSR count). The maximum atomic E-state index is 13.6. The number of fused-ring (bicyclic) bond motifs is 2. The smallest absolute Gasteiger partial charge is 0.359 e. The first kappa shape index (κ1) is 26.0. The molecule has 7 nitrogen and oxygen atoms in total. The second-order valence-electron chi connectivity index (χ2n) is 11.0. The van der Waals surface area contributed by atoms with Crippen molar-refractivity contribution in [3.05, 3.63) is 87.2 Å². The highest BCUT2D eigenvalue weighted by molar-refractivity contribution is 6.29. The van der Waals surface area contributed by atoms with E-state index >= 15 is 0 Å². The van der Waals surface area contributed by atoms with E-state index in [-0.39, 0.29) is 28.8 Å². The number of hydrogen-bond acceptors (Lipinski definition) is 6. The average molecular weight is 534 g/mol. The number of carbonyl (C=O) groups is 2. The van der Waals surface area contributed by atoms with Gasteiger partial charge in [0.05, 0.1) is 11.7 Å². The SMILES string of the molecule is Cc1cc2c(c(C(C)Nc3ccc(Cl)nc3C(=O)OC(C)(C)C)c1)CN(C1COc3ccccc3C1)C2=O. The van der Waals surface area contributed by atoms with E-state index in [1.165, 1.54) is 0 Å². The second kappa shape index (κ2) is 9.95. The van der Waals surface area contributed by atoms with E-state index in [0.29, 0.717) is 24.4 Å². The molecule has 2 aromatic carbocycles. The Morgan fingerprint density at radius 3 is 2.74 bits per heavy atom. The molecule has 0 spiro atoms. The van der Waals surface area contributed by atoms with Crippen LogP contribution in [0.1, 0.15) is 76.8 Å². The molecule has 1 amide bonds. The van der Waals surface area contributed by atoms with Crippen molar-refractivity contribution in [2.75, 3.05) is 11.9 Å². The lowest BCUT2D eigenvalue weighted by atomic mass is 9.95. The zero-order valence-corrected chi connectivity index (χ0v) is 23.1. The Hall–Kier alpha value is -3.58. The number of nitrogens with one attached hydrogen (secondary N) is 1. The van der Waals surface area contributed by atoms with Gasteiger partial charge in [-0.15, -0.1) is 0 Å². The van der Waals surface area contributed by atoms with E-state index in [4.69, 9.17) is 21.1 Å². The number of anilines is 1. The summed E-state index contributed by atoms with van der Waals surface area (Å²) in [5.41, 5.74) is 4.78. The third-order valence-electron chi connectivity index (χ3n) is 6.84. The van der Waals surface area contributed by atoms with Crippen LogP contribution in [0.2, 0.25) is 5.15 Å². The Bertz CT molecular complexity index is 1420. The van der Waals surface area contributed by atoms with Crippen LogP contribution < -0.4 is 10.1 Å². The summed E-state index contributed by atoms with van der Waals surface area (Å²) in [7, 11) is 0. The molecule has 1 N–H and O–H groups in total. The van der Waals surface area contributed by atoms with Gasteiger partial charge in [-0.2, -0.15) is 0 Å². The number of aryl methyl sites for hydroxylation is 1. The van der Waals surface area contributed by atoms with Gasteiger partial charge in [0.1, 0.15) is 23.1 Å². The van der Waals surface area contributed by atoms with Crippen molar-refractivity contribution < 1.29 is 19.1 Å². The summed E-state index contributed by atoms with van der Waals surface area (Å²) in [6, 6.07) is 15.1. The van der Waals surface area contributed by atoms with Crippen LogP contribution in [0.15, 0.2) is 48.5 Å². The highest BCUT2D eigenvalue weighted by Crippen LogP contribution is 2.36. The van der Waals surface area contributed by atoms with Gasteiger partial charge in [-0.1, -0.05) is 35.9 Å². The Kier molecular flexibility index (Phi) is 6.82. The third-order valence-corrected chi connectivity index (χ3v) is 7.05. The molecule has 0 radical (unpaired) electrons. The summed E-state index contributed by atoms with van der Waals surface area (Å²) in [5.74, 6) is 0.357. The lowest BCUT2D eigenvalue weighted by Gasteiger charge is -2.32. The molecule has 0 saturated heterocycles. The molecule has 2 aliphatic heterocycles. The summed E-state index contributed by atoms with van der Waals surface area (Å²) in [6.45, 7) is 10.4. The molecule has 3 aromatic rings. The number of halogens is 1. The minimum atomic E-state index is -0.672. The van der Waals surface area contributed by atoms with Gasteiger partial charge in [0.15, 0.2) is 5.69 Å². The molecule has 0 aliphatic carbocycles. The van der Waals surface area contributed by atoms with Crippen molar-refractivity contribution in [2.24, 2.45) is 0 Å². The van der Waals surface area contributed by atoms with Gasteiger partial charge < -0.3 is 19.7 Å². The van der Waals surface area contributed by atoms with Gasteiger partial charge in [-0.3, -0.25) is 4.79 Å². The van der Waals surface area contributed by atoms with Crippen molar-refractivity contribution in [3.8, 4) is 5.75 Å². The Labute approximate surface area is 228 Å². The molecular weight excluding hydrogens is 502 g/mol. The molecule has 8 heteroatoms. The predicted molar refractivity (Wildman–Crippen MR) is 147 cm³/mol. The van der Waals surface area contributed by atoms with E-state index < -0.39 is 11.6 Å². The van der Waals surface area contributed by atoms with E-state index in [1.807, 2.05) is 43.0 Å². The predicted octanol–water partition coefficient (Wildman–Crippen LogP) is 6.13. The summed E-state index contributed by atoms with van der Waals surface area (Å²) in [5, 5.41) is 3.63. The fourth-order valence-corrected chi connectivity index (χ4v) is 5.29. The Balaban J connectivity index is 1.42. The lowest BCUT2D eigenvalue weighted by molar-refractivity contribution is 0.00639. The number of rotatable bonds is 5. The topological polar surface area (TPSA) is 80.8 Å². The van der Waals surface area contributed by atoms with Crippen molar-refractivity contribution >= 4 is 29.2 Å². The molecule has 0 fully saturated rings. The number of esters is 1. The molecule has 0 bridgehead atoms. The standard InChI is InChI=1S/C30H32ClN3O4/c1-17-12-21(18(2)32-24-10-11-26(31)33-27(24)29(36)38-30(3,4)5)23-15-34(28(35)22(23)13-17)20-14-19-8-6-7-9-25(19)37-16-20/h6-13,18,20,32H,14-16H2,1-5H3. The monoisotopic (exact) mass is 533 g/mol. The zero-order valence-electron chi connectivity index (χ0n) is 22.3. The van der Waals surface area contributed by atoms with Crippen LogP contribution in [0.5, 0.6) is 5.75 Å². The number of carbonyl (C=O) groups excluding carboxylic acids is 2. The van der Waals surface area contributed by atoms with Gasteiger partial charge in [-0.05, 0) is 87.6 Å². The minimum Gasteiger partial charge on any atom is -0.491 e.